The molecule has 0 aliphatic carbocycles. The Bertz CT molecular complexity index is 613. The maximum atomic E-state index is 13.7. The van der Waals surface area contributed by atoms with Gasteiger partial charge in [0.2, 0.25) is 0 Å². The summed E-state index contributed by atoms with van der Waals surface area (Å²) in [6, 6.07) is 6.71. The van der Waals surface area contributed by atoms with Crippen molar-refractivity contribution in [3.8, 4) is 5.75 Å². The van der Waals surface area contributed by atoms with E-state index in [1.165, 1.54) is 13.2 Å². The number of aryl methyl sites for hydroxylation is 2. The summed E-state index contributed by atoms with van der Waals surface area (Å²) in [5.74, 6) is -0.127. The maximum Gasteiger partial charge on any atom is 0.165 e. The molecule has 1 unspecified atom stereocenters. The first kappa shape index (κ1) is 14.5. The summed E-state index contributed by atoms with van der Waals surface area (Å²) >= 11 is 0. The van der Waals surface area contributed by atoms with E-state index in [2.05, 4.69) is 11.1 Å². The lowest BCUT2D eigenvalue weighted by Crippen LogP contribution is -2.16. The average molecular weight is 274 g/mol. The predicted molar refractivity (Wildman–Crippen MR) is 77.3 cm³/mol. The molecule has 0 radical (unpaired) electrons. The van der Waals surface area contributed by atoms with Crippen molar-refractivity contribution in [3.05, 3.63) is 58.7 Å². The van der Waals surface area contributed by atoms with Crippen molar-refractivity contribution in [3.63, 3.8) is 0 Å². The summed E-state index contributed by atoms with van der Waals surface area (Å²) in [4.78, 5) is 4.39. The summed E-state index contributed by atoms with van der Waals surface area (Å²) < 4.78 is 18.6. The fraction of sp³-hybridized carbons (Fsp3) is 0.312. The number of rotatable bonds is 4. The third-order valence-corrected chi connectivity index (χ3v) is 3.28. The lowest BCUT2D eigenvalue weighted by molar-refractivity contribution is 0.386. The molecule has 2 aromatic rings. The monoisotopic (exact) mass is 274 g/mol. The van der Waals surface area contributed by atoms with Crippen LogP contribution in [0.5, 0.6) is 5.75 Å². The van der Waals surface area contributed by atoms with Gasteiger partial charge < -0.3 is 10.5 Å². The predicted octanol–water partition coefficient (Wildman–Crippen LogP) is 3.09. The summed E-state index contributed by atoms with van der Waals surface area (Å²) in [5, 5.41) is 0. The van der Waals surface area contributed by atoms with Gasteiger partial charge in [0.15, 0.2) is 11.6 Å². The lowest BCUT2D eigenvalue weighted by Gasteiger charge is -2.14. The summed E-state index contributed by atoms with van der Waals surface area (Å²) in [5.41, 5.74) is 10.0. The van der Waals surface area contributed by atoms with Crippen LogP contribution in [-0.4, -0.2) is 12.1 Å². The van der Waals surface area contributed by atoms with E-state index in [1.54, 1.807) is 12.3 Å². The van der Waals surface area contributed by atoms with Gasteiger partial charge in [-0.1, -0.05) is 12.1 Å². The lowest BCUT2D eigenvalue weighted by atomic mass is 10.00. The highest BCUT2D eigenvalue weighted by Crippen LogP contribution is 2.22. The number of nitrogens with zero attached hydrogens (tertiary/aromatic N) is 1. The second-order valence-electron chi connectivity index (χ2n) is 4.99. The molecule has 0 saturated carbocycles. The van der Waals surface area contributed by atoms with Gasteiger partial charge in [-0.3, -0.25) is 4.98 Å². The highest BCUT2D eigenvalue weighted by atomic mass is 19.1. The van der Waals surface area contributed by atoms with Gasteiger partial charge in [0.1, 0.15) is 0 Å². The van der Waals surface area contributed by atoms with Gasteiger partial charge in [-0.2, -0.15) is 0 Å². The number of halogens is 1. The molecule has 2 N–H and O–H groups in total. The van der Waals surface area contributed by atoms with Crippen molar-refractivity contribution in [2.45, 2.75) is 26.3 Å². The number of methoxy groups -OCH3 is 1. The number of benzene rings is 1. The molecule has 2 rings (SSSR count). The van der Waals surface area contributed by atoms with Gasteiger partial charge in [-0.25, -0.2) is 4.39 Å². The van der Waals surface area contributed by atoms with Gasteiger partial charge >= 0.3 is 0 Å². The van der Waals surface area contributed by atoms with E-state index in [9.17, 15) is 4.39 Å². The first-order chi connectivity index (χ1) is 9.51. The van der Waals surface area contributed by atoms with Gasteiger partial charge in [-0.05, 0) is 49.1 Å². The highest BCUT2D eigenvalue weighted by Gasteiger charge is 2.13. The molecule has 1 atom stereocenters. The molecular weight excluding hydrogens is 255 g/mol. The SMILES string of the molecule is COc1ccc(CC(N)c2ncc(C)cc2C)cc1F. The number of hydrogen-bond donors (Lipinski definition) is 1. The number of hydrogen-bond acceptors (Lipinski definition) is 3. The zero-order valence-corrected chi connectivity index (χ0v) is 12.0. The minimum atomic E-state index is -0.370. The van der Waals surface area contributed by atoms with Crippen molar-refractivity contribution in [2.75, 3.05) is 7.11 Å². The smallest absolute Gasteiger partial charge is 0.165 e. The fourth-order valence-corrected chi connectivity index (χ4v) is 2.30. The third-order valence-electron chi connectivity index (χ3n) is 3.28. The zero-order chi connectivity index (χ0) is 14.7. The normalized spacial score (nSPS) is 12.2. The summed E-state index contributed by atoms with van der Waals surface area (Å²) in [6.07, 6.45) is 2.34. The first-order valence-corrected chi connectivity index (χ1v) is 6.52. The largest absolute Gasteiger partial charge is 0.494 e. The molecule has 1 heterocycles. The molecule has 0 aliphatic rings. The topological polar surface area (TPSA) is 48.1 Å². The van der Waals surface area contributed by atoms with Crippen LogP contribution < -0.4 is 10.5 Å². The Labute approximate surface area is 118 Å². The molecule has 1 aromatic carbocycles. The zero-order valence-electron chi connectivity index (χ0n) is 12.0. The molecule has 0 saturated heterocycles. The quantitative estimate of drug-likeness (QED) is 0.932. The Morgan fingerprint density at radius 3 is 2.65 bits per heavy atom. The van der Waals surface area contributed by atoms with Crippen LogP contribution in [0.1, 0.15) is 28.4 Å². The number of aromatic nitrogens is 1. The molecule has 20 heavy (non-hydrogen) atoms. The molecule has 0 aliphatic heterocycles. The minimum Gasteiger partial charge on any atom is -0.494 e. The fourth-order valence-electron chi connectivity index (χ4n) is 2.30. The Hall–Kier alpha value is -1.94. The van der Waals surface area contributed by atoms with Crippen molar-refractivity contribution in [1.82, 2.24) is 4.98 Å². The molecular formula is C16H19FN2O. The molecule has 1 aromatic heterocycles. The van der Waals surface area contributed by atoms with E-state index in [0.29, 0.717) is 6.42 Å². The second kappa shape index (κ2) is 6.01. The Morgan fingerprint density at radius 1 is 1.30 bits per heavy atom. The van der Waals surface area contributed by atoms with E-state index in [-0.39, 0.29) is 17.6 Å². The number of ether oxygens (including phenoxy) is 1. The van der Waals surface area contributed by atoms with Crippen LogP contribution in [0, 0.1) is 19.7 Å². The molecule has 4 heteroatoms. The first-order valence-electron chi connectivity index (χ1n) is 6.52. The van der Waals surface area contributed by atoms with Gasteiger partial charge in [0.05, 0.1) is 18.8 Å². The molecule has 3 nitrogen and oxygen atoms in total. The number of pyridine rings is 1. The van der Waals surface area contributed by atoms with Gasteiger partial charge in [0.25, 0.3) is 0 Å². The van der Waals surface area contributed by atoms with Gasteiger partial charge in [-0.15, -0.1) is 0 Å². The Kier molecular flexibility index (Phi) is 4.35. The Morgan fingerprint density at radius 2 is 2.05 bits per heavy atom. The van der Waals surface area contributed by atoms with Crippen LogP contribution in [0.4, 0.5) is 4.39 Å². The van der Waals surface area contributed by atoms with E-state index in [1.807, 2.05) is 19.9 Å². The van der Waals surface area contributed by atoms with Crippen molar-refractivity contribution in [2.24, 2.45) is 5.73 Å². The van der Waals surface area contributed by atoms with E-state index in [0.717, 1.165) is 22.4 Å². The highest BCUT2D eigenvalue weighted by molar-refractivity contribution is 5.31. The maximum absolute atomic E-state index is 13.7. The van der Waals surface area contributed by atoms with Crippen LogP contribution in [0.2, 0.25) is 0 Å². The van der Waals surface area contributed by atoms with Crippen molar-refractivity contribution < 1.29 is 9.13 Å². The molecule has 0 fully saturated rings. The van der Waals surface area contributed by atoms with Gasteiger partial charge in [0, 0.05) is 6.20 Å². The third kappa shape index (κ3) is 3.14. The molecule has 106 valence electrons. The molecule has 0 bridgehead atoms. The van der Waals surface area contributed by atoms with E-state index >= 15 is 0 Å². The second-order valence-corrected chi connectivity index (χ2v) is 4.99. The van der Waals surface area contributed by atoms with Crippen LogP contribution in [-0.2, 0) is 6.42 Å². The van der Waals surface area contributed by atoms with Crippen LogP contribution in [0.15, 0.2) is 30.5 Å². The standard InChI is InChI=1S/C16H19FN2O/c1-10-6-11(2)16(19-9-10)14(18)8-12-4-5-15(20-3)13(17)7-12/h4-7,9,14H,8,18H2,1-3H3. The average Bonchev–Trinajstić information content (AvgIpc) is 2.38. The van der Waals surface area contributed by atoms with Crippen LogP contribution in [0.25, 0.3) is 0 Å². The summed E-state index contributed by atoms with van der Waals surface area (Å²) in [6.45, 7) is 3.98. The van der Waals surface area contributed by atoms with Crippen LogP contribution in [0.3, 0.4) is 0 Å². The summed E-state index contributed by atoms with van der Waals surface area (Å²) in [7, 11) is 1.45. The van der Waals surface area contributed by atoms with E-state index in [4.69, 9.17) is 10.5 Å². The molecule has 0 amide bonds. The number of nitrogens with two attached hydrogens (primary N) is 1. The minimum absolute atomic E-state index is 0.243. The van der Waals surface area contributed by atoms with Crippen molar-refractivity contribution >= 4 is 0 Å². The molecule has 0 spiro atoms. The van der Waals surface area contributed by atoms with Crippen molar-refractivity contribution in [1.29, 1.82) is 0 Å². The van der Waals surface area contributed by atoms with E-state index < -0.39 is 0 Å². The van der Waals surface area contributed by atoms with Crippen LogP contribution >= 0.6 is 0 Å². The Balaban J connectivity index is 2.18.